The van der Waals surface area contributed by atoms with Crippen molar-refractivity contribution in [1.29, 1.82) is 0 Å². The number of hydrogen-bond donors (Lipinski definition) is 0. The molecule has 23 heavy (non-hydrogen) atoms. The molecule has 2 aromatic carbocycles. The first-order valence-electron chi connectivity index (χ1n) is 7.04. The first-order valence-corrected chi connectivity index (χ1v) is 8.71. The van der Waals surface area contributed by atoms with E-state index in [0.29, 0.717) is 11.7 Å². The molecule has 0 fully saturated rings. The van der Waals surface area contributed by atoms with Crippen molar-refractivity contribution in [3.05, 3.63) is 70.5 Å². The Hall–Kier alpha value is -2.24. The van der Waals surface area contributed by atoms with Crippen LogP contribution in [0.4, 0.5) is 0 Å². The van der Waals surface area contributed by atoms with Gasteiger partial charge in [0.05, 0.1) is 15.8 Å². The number of rotatable bonds is 3. The summed E-state index contributed by atoms with van der Waals surface area (Å²) in [4.78, 5) is 10.3. The van der Waals surface area contributed by atoms with Crippen molar-refractivity contribution in [2.75, 3.05) is 0 Å². The molecule has 0 unspecified atom stereocenters. The maximum Gasteiger partial charge on any atom is 0.230 e. The fourth-order valence-electron chi connectivity index (χ4n) is 2.28. The number of ether oxygens (including phenoxy) is 1. The first-order chi connectivity index (χ1) is 11.3. The summed E-state index contributed by atoms with van der Waals surface area (Å²) in [6.07, 6.45) is 0. The van der Waals surface area contributed by atoms with E-state index in [1.54, 1.807) is 11.3 Å². The average Bonchev–Trinajstić information content (AvgIpc) is 3.09. The van der Waals surface area contributed by atoms with Crippen LogP contribution < -0.4 is 4.74 Å². The van der Waals surface area contributed by atoms with Gasteiger partial charge in [0.25, 0.3) is 0 Å². The molecule has 0 bridgehead atoms. The first kappa shape index (κ1) is 14.4. The Morgan fingerprint density at radius 3 is 2.65 bits per heavy atom. The maximum absolute atomic E-state index is 6.03. The van der Waals surface area contributed by atoms with Gasteiger partial charge in [0.2, 0.25) is 5.88 Å². The number of benzene rings is 2. The molecule has 0 saturated heterocycles. The zero-order valence-electron chi connectivity index (χ0n) is 11.9. The quantitative estimate of drug-likeness (QED) is 0.441. The summed E-state index contributed by atoms with van der Waals surface area (Å²) in [5.74, 6) is 1.99. The average molecular weight is 383 g/mol. The number of fused-ring (bicyclic) bond motifs is 1. The summed E-state index contributed by atoms with van der Waals surface area (Å²) in [7, 11) is 0. The molecule has 4 rings (SSSR count). The van der Waals surface area contributed by atoms with Gasteiger partial charge in [-0.25, -0.2) is 4.98 Å². The van der Waals surface area contributed by atoms with E-state index in [1.807, 2.05) is 66.0 Å². The van der Waals surface area contributed by atoms with Crippen LogP contribution in [-0.4, -0.2) is 9.97 Å². The minimum atomic E-state index is 0.567. The van der Waals surface area contributed by atoms with Gasteiger partial charge in [0.15, 0.2) is 5.82 Å². The molecule has 5 heteroatoms. The smallest absolute Gasteiger partial charge is 0.230 e. The van der Waals surface area contributed by atoms with Crippen LogP contribution in [0.1, 0.15) is 0 Å². The van der Waals surface area contributed by atoms with Crippen molar-refractivity contribution in [2.45, 2.75) is 0 Å². The van der Waals surface area contributed by atoms with Crippen molar-refractivity contribution in [1.82, 2.24) is 9.97 Å². The zero-order chi connectivity index (χ0) is 15.6. The second kappa shape index (κ2) is 6.10. The summed E-state index contributed by atoms with van der Waals surface area (Å²) in [5.41, 5.74) is 0.871. The molecule has 0 saturated carbocycles. The highest BCUT2D eigenvalue weighted by Gasteiger charge is 2.11. The van der Waals surface area contributed by atoms with E-state index in [1.165, 1.54) is 0 Å². The van der Waals surface area contributed by atoms with Gasteiger partial charge < -0.3 is 4.74 Å². The lowest BCUT2D eigenvalue weighted by atomic mass is 10.2. The monoisotopic (exact) mass is 382 g/mol. The predicted octanol–water partition coefficient (Wildman–Crippen LogP) is 5.91. The standard InChI is InChI=1S/C18H11BrN2OS/c19-12-5-3-6-13(11-12)22-18-14-7-1-2-8-15(14)20-17(21-18)16-9-4-10-23-16/h1-11H. The van der Waals surface area contributed by atoms with Gasteiger partial charge in [-0.05, 0) is 41.8 Å². The number of aromatic nitrogens is 2. The Kier molecular flexibility index (Phi) is 3.81. The molecule has 0 spiro atoms. The van der Waals surface area contributed by atoms with Gasteiger partial charge >= 0.3 is 0 Å². The minimum absolute atomic E-state index is 0.567. The Morgan fingerprint density at radius 1 is 0.913 bits per heavy atom. The third-order valence-electron chi connectivity index (χ3n) is 3.32. The van der Waals surface area contributed by atoms with Gasteiger partial charge in [0, 0.05) is 4.47 Å². The van der Waals surface area contributed by atoms with Gasteiger partial charge in [-0.2, -0.15) is 4.98 Å². The Morgan fingerprint density at radius 2 is 1.83 bits per heavy atom. The van der Waals surface area contributed by atoms with E-state index >= 15 is 0 Å². The summed E-state index contributed by atoms with van der Waals surface area (Å²) in [6.45, 7) is 0. The summed E-state index contributed by atoms with van der Waals surface area (Å²) >= 11 is 5.07. The predicted molar refractivity (Wildman–Crippen MR) is 97.1 cm³/mol. The molecule has 112 valence electrons. The van der Waals surface area contributed by atoms with Crippen LogP contribution >= 0.6 is 27.3 Å². The van der Waals surface area contributed by atoms with Crippen LogP contribution in [-0.2, 0) is 0 Å². The third kappa shape index (κ3) is 2.98. The highest BCUT2D eigenvalue weighted by Crippen LogP contribution is 2.32. The van der Waals surface area contributed by atoms with Crippen LogP contribution in [0.5, 0.6) is 11.6 Å². The number of para-hydroxylation sites is 1. The van der Waals surface area contributed by atoms with Crippen LogP contribution in [0.25, 0.3) is 21.6 Å². The SMILES string of the molecule is Brc1cccc(Oc2nc(-c3cccs3)nc3ccccc23)c1. The molecule has 0 aliphatic heterocycles. The Bertz CT molecular complexity index is 970. The van der Waals surface area contributed by atoms with Gasteiger partial charge in [-0.3, -0.25) is 0 Å². The van der Waals surface area contributed by atoms with Crippen molar-refractivity contribution in [3.8, 4) is 22.3 Å². The maximum atomic E-state index is 6.03. The third-order valence-corrected chi connectivity index (χ3v) is 4.68. The second-order valence-electron chi connectivity index (χ2n) is 4.91. The normalized spacial score (nSPS) is 10.8. The molecule has 0 atom stereocenters. The molecule has 0 amide bonds. The molecule has 3 nitrogen and oxygen atoms in total. The van der Waals surface area contributed by atoms with E-state index in [9.17, 15) is 0 Å². The summed E-state index contributed by atoms with van der Waals surface area (Å²) in [5, 5.41) is 2.91. The van der Waals surface area contributed by atoms with Gasteiger partial charge in [0.1, 0.15) is 5.75 Å². The minimum Gasteiger partial charge on any atom is -0.438 e. The fourth-order valence-corrected chi connectivity index (χ4v) is 3.32. The molecule has 4 aromatic rings. The molecule has 2 aromatic heterocycles. The summed E-state index contributed by atoms with van der Waals surface area (Å²) in [6, 6.07) is 19.6. The van der Waals surface area contributed by atoms with Crippen molar-refractivity contribution in [3.63, 3.8) is 0 Å². The van der Waals surface area contributed by atoms with E-state index in [4.69, 9.17) is 4.74 Å². The zero-order valence-corrected chi connectivity index (χ0v) is 14.3. The van der Waals surface area contributed by atoms with E-state index in [-0.39, 0.29) is 0 Å². The molecule has 0 N–H and O–H groups in total. The lowest BCUT2D eigenvalue weighted by molar-refractivity contribution is 0.468. The number of halogens is 1. The highest BCUT2D eigenvalue weighted by atomic mass is 79.9. The number of thiophene rings is 1. The lowest BCUT2D eigenvalue weighted by Crippen LogP contribution is -1.95. The van der Waals surface area contributed by atoms with Gasteiger partial charge in [-0.1, -0.05) is 40.2 Å². The van der Waals surface area contributed by atoms with Crippen LogP contribution in [0.3, 0.4) is 0 Å². The number of hydrogen-bond acceptors (Lipinski definition) is 4. The largest absolute Gasteiger partial charge is 0.438 e. The molecular weight excluding hydrogens is 372 g/mol. The van der Waals surface area contributed by atoms with Crippen molar-refractivity contribution < 1.29 is 4.74 Å². The molecule has 2 heterocycles. The van der Waals surface area contributed by atoms with Crippen LogP contribution in [0, 0.1) is 0 Å². The van der Waals surface area contributed by atoms with E-state index in [0.717, 1.165) is 26.0 Å². The Labute approximate surface area is 145 Å². The van der Waals surface area contributed by atoms with Crippen LogP contribution in [0.15, 0.2) is 70.5 Å². The Balaban J connectivity index is 1.86. The van der Waals surface area contributed by atoms with Gasteiger partial charge in [-0.15, -0.1) is 11.3 Å². The lowest BCUT2D eigenvalue weighted by Gasteiger charge is -2.09. The van der Waals surface area contributed by atoms with Crippen molar-refractivity contribution in [2.24, 2.45) is 0 Å². The molecule has 0 aliphatic carbocycles. The molecule has 0 radical (unpaired) electrons. The molecular formula is C18H11BrN2OS. The topological polar surface area (TPSA) is 35.0 Å². The highest BCUT2D eigenvalue weighted by molar-refractivity contribution is 9.10. The fraction of sp³-hybridized carbons (Fsp3) is 0. The van der Waals surface area contributed by atoms with E-state index < -0.39 is 0 Å². The summed E-state index contributed by atoms with van der Waals surface area (Å²) < 4.78 is 7.00. The number of nitrogens with zero attached hydrogens (tertiary/aromatic N) is 2. The second-order valence-corrected chi connectivity index (χ2v) is 6.77. The molecule has 0 aliphatic rings. The van der Waals surface area contributed by atoms with Crippen LogP contribution in [0.2, 0.25) is 0 Å². The van der Waals surface area contributed by atoms with Crippen molar-refractivity contribution >= 4 is 38.2 Å². The van der Waals surface area contributed by atoms with E-state index in [2.05, 4.69) is 25.9 Å².